The highest BCUT2D eigenvalue weighted by molar-refractivity contribution is 8.23. The van der Waals surface area contributed by atoms with Crippen LogP contribution in [0.2, 0.25) is 0 Å². The Morgan fingerprint density at radius 1 is 1.73 bits per heavy atom. The number of aliphatic carboxylic acids is 1. The summed E-state index contributed by atoms with van der Waals surface area (Å²) < 4.78 is 0.738. The molecule has 2 unspecified atom stereocenters. The number of carbonyl (C=O) groups is 1. The third-order valence-corrected chi connectivity index (χ3v) is 4.18. The van der Waals surface area contributed by atoms with E-state index in [2.05, 4.69) is 12.2 Å². The highest BCUT2D eigenvalue weighted by Crippen LogP contribution is 2.28. The zero-order valence-corrected chi connectivity index (χ0v) is 10.5. The number of thioether (sulfide) groups is 1. The molecule has 2 N–H and O–H groups in total. The molecule has 0 aliphatic carbocycles. The molecule has 15 heavy (non-hydrogen) atoms. The smallest absolute Gasteiger partial charge is 0.307 e. The SMILES string of the molecule is CCCCCC(C(=O)O)C1CNC(=S)S1. The van der Waals surface area contributed by atoms with Gasteiger partial charge in [-0.25, -0.2) is 0 Å². The third kappa shape index (κ3) is 3.99. The van der Waals surface area contributed by atoms with Crippen molar-refractivity contribution in [1.82, 2.24) is 5.32 Å². The van der Waals surface area contributed by atoms with Crippen molar-refractivity contribution in [2.75, 3.05) is 6.54 Å². The van der Waals surface area contributed by atoms with Crippen molar-refractivity contribution in [1.29, 1.82) is 0 Å². The van der Waals surface area contributed by atoms with Crippen molar-refractivity contribution in [3.63, 3.8) is 0 Å². The lowest BCUT2D eigenvalue weighted by molar-refractivity contribution is -0.141. The molecular weight excluding hydrogens is 230 g/mol. The topological polar surface area (TPSA) is 49.3 Å². The molecule has 1 aliphatic rings. The van der Waals surface area contributed by atoms with Gasteiger partial charge in [-0.15, -0.1) is 0 Å². The van der Waals surface area contributed by atoms with Crippen LogP contribution in [-0.4, -0.2) is 27.2 Å². The van der Waals surface area contributed by atoms with Gasteiger partial charge in [0, 0.05) is 11.8 Å². The van der Waals surface area contributed by atoms with Crippen LogP contribution in [-0.2, 0) is 4.79 Å². The summed E-state index contributed by atoms with van der Waals surface area (Å²) in [6.07, 6.45) is 4.00. The van der Waals surface area contributed by atoms with Crippen molar-refractivity contribution >= 4 is 34.3 Å². The first kappa shape index (κ1) is 12.8. The summed E-state index contributed by atoms with van der Waals surface area (Å²) >= 11 is 6.50. The lowest BCUT2D eigenvalue weighted by Crippen LogP contribution is -2.28. The number of hydrogen-bond donors (Lipinski definition) is 2. The molecule has 3 nitrogen and oxygen atoms in total. The number of carboxylic acids is 1. The fourth-order valence-electron chi connectivity index (χ4n) is 1.71. The maximum absolute atomic E-state index is 11.1. The molecule has 0 amide bonds. The summed E-state index contributed by atoms with van der Waals surface area (Å²) in [5, 5.41) is 12.3. The van der Waals surface area contributed by atoms with Crippen LogP contribution in [0.5, 0.6) is 0 Å². The predicted octanol–water partition coefficient (Wildman–Crippen LogP) is 2.26. The molecule has 0 spiro atoms. The van der Waals surface area contributed by atoms with Gasteiger partial charge in [0.05, 0.1) is 5.92 Å². The van der Waals surface area contributed by atoms with E-state index in [0.717, 1.165) is 30.0 Å². The van der Waals surface area contributed by atoms with E-state index in [1.807, 2.05) is 0 Å². The number of carboxylic acid groups (broad SMARTS) is 1. The summed E-state index contributed by atoms with van der Waals surface area (Å²) in [6.45, 7) is 2.82. The first-order chi connectivity index (χ1) is 7.15. The molecule has 2 atom stereocenters. The van der Waals surface area contributed by atoms with Gasteiger partial charge in [0.2, 0.25) is 0 Å². The summed E-state index contributed by atoms with van der Waals surface area (Å²) in [5.74, 6) is -0.940. The average molecular weight is 247 g/mol. The third-order valence-electron chi connectivity index (χ3n) is 2.59. The zero-order valence-electron chi connectivity index (χ0n) is 8.86. The Balaban J connectivity index is 2.43. The molecular formula is C10H17NO2S2. The van der Waals surface area contributed by atoms with Gasteiger partial charge in [0.25, 0.3) is 0 Å². The molecule has 1 heterocycles. The van der Waals surface area contributed by atoms with E-state index in [1.54, 1.807) is 0 Å². The molecule has 0 aromatic heterocycles. The molecule has 0 aromatic carbocycles. The molecule has 1 saturated heterocycles. The molecule has 1 rings (SSSR count). The van der Waals surface area contributed by atoms with E-state index in [-0.39, 0.29) is 11.2 Å². The van der Waals surface area contributed by atoms with E-state index in [0.29, 0.717) is 6.54 Å². The lowest BCUT2D eigenvalue weighted by atomic mass is 9.97. The summed E-state index contributed by atoms with van der Waals surface area (Å²) in [4.78, 5) is 11.1. The van der Waals surface area contributed by atoms with Crippen LogP contribution in [0.3, 0.4) is 0 Å². The second-order valence-corrected chi connectivity index (χ2v) is 5.68. The van der Waals surface area contributed by atoms with Crippen LogP contribution in [0.1, 0.15) is 32.6 Å². The molecule has 86 valence electrons. The number of hydrogen-bond acceptors (Lipinski definition) is 3. The largest absolute Gasteiger partial charge is 0.481 e. The van der Waals surface area contributed by atoms with E-state index in [9.17, 15) is 4.79 Å². The molecule has 1 fully saturated rings. The standard InChI is InChI=1S/C10H17NO2S2/c1-2-3-4-5-7(9(12)13)8-6-11-10(14)15-8/h7-8H,2-6H2,1H3,(H,11,14)(H,12,13). The van der Waals surface area contributed by atoms with E-state index >= 15 is 0 Å². The van der Waals surface area contributed by atoms with Gasteiger partial charge in [0.1, 0.15) is 4.32 Å². The van der Waals surface area contributed by atoms with Gasteiger partial charge < -0.3 is 10.4 Å². The Kier molecular flexibility index (Phi) is 5.39. The van der Waals surface area contributed by atoms with Crippen molar-refractivity contribution in [3.05, 3.63) is 0 Å². The highest BCUT2D eigenvalue weighted by atomic mass is 32.2. The Bertz CT molecular complexity index is 246. The van der Waals surface area contributed by atoms with Gasteiger partial charge in [-0.05, 0) is 6.42 Å². The Labute approximate surface area is 100 Å². The molecule has 0 radical (unpaired) electrons. The minimum absolute atomic E-state index is 0.117. The molecule has 5 heteroatoms. The molecule has 1 aliphatic heterocycles. The molecule has 0 aromatic rings. The second kappa shape index (κ2) is 6.33. The van der Waals surface area contributed by atoms with Crippen LogP contribution < -0.4 is 5.32 Å². The van der Waals surface area contributed by atoms with Crippen LogP contribution in [0.15, 0.2) is 0 Å². The van der Waals surface area contributed by atoms with Gasteiger partial charge in [-0.3, -0.25) is 4.79 Å². The van der Waals surface area contributed by atoms with Crippen molar-refractivity contribution in [2.45, 2.75) is 37.9 Å². The first-order valence-electron chi connectivity index (χ1n) is 5.32. The van der Waals surface area contributed by atoms with Crippen molar-refractivity contribution in [3.8, 4) is 0 Å². The van der Waals surface area contributed by atoms with Crippen LogP contribution in [0.4, 0.5) is 0 Å². The van der Waals surface area contributed by atoms with Gasteiger partial charge in [-0.1, -0.05) is 50.2 Å². The van der Waals surface area contributed by atoms with Gasteiger partial charge in [-0.2, -0.15) is 0 Å². The molecule has 0 saturated carbocycles. The average Bonchev–Trinajstić information content (AvgIpc) is 2.59. The maximum atomic E-state index is 11.1. The number of nitrogens with one attached hydrogen (secondary N) is 1. The summed E-state index contributed by atoms with van der Waals surface area (Å²) in [5.41, 5.74) is 0. The number of rotatable bonds is 6. The number of thiocarbonyl (C=S) groups is 1. The number of unbranched alkanes of at least 4 members (excludes halogenated alkanes) is 2. The monoisotopic (exact) mass is 247 g/mol. The highest BCUT2D eigenvalue weighted by Gasteiger charge is 2.32. The van der Waals surface area contributed by atoms with E-state index < -0.39 is 5.97 Å². The van der Waals surface area contributed by atoms with E-state index in [1.165, 1.54) is 11.8 Å². The zero-order chi connectivity index (χ0) is 11.3. The van der Waals surface area contributed by atoms with Gasteiger partial charge >= 0.3 is 5.97 Å². The normalized spacial score (nSPS) is 22.5. The maximum Gasteiger partial charge on any atom is 0.307 e. The summed E-state index contributed by atoms with van der Waals surface area (Å²) in [6, 6.07) is 0. The Morgan fingerprint density at radius 2 is 2.47 bits per heavy atom. The fraction of sp³-hybridized carbons (Fsp3) is 0.800. The first-order valence-corrected chi connectivity index (χ1v) is 6.61. The van der Waals surface area contributed by atoms with Crippen molar-refractivity contribution < 1.29 is 9.90 Å². The van der Waals surface area contributed by atoms with E-state index in [4.69, 9.17) is 17.3 Å². The second-order valence-electron chi connectivity index (χ2n) is 3.77. The quantitative estimate of drug-likeness (QED) is 0.557. The van der Waals surface area contributed by atoms with Crippen LogP contribution in [0, 0.1) is 5.92 Å². The van der Waals surface area contributed by atoms with Crippen LogP contribution in [0.25, 0.3) is 0 Å². The summed E-state index contributed by atoms with van der Waals surface area (Å²) in [7, 11) is 0. The minimum Gasteiger partial charge on any atom is -0.481 e. The Hall–Kier alpha value is -0.290. The predicted molar refractivity (Wildman–Crippen MR) is 67.2 cm³/mol. The Morgan fingerprint density at radius 3 is 2.93 bits per heavy atom. The molecule has 0 bridgehead atoms. The minimum atomic E-state index is -0.685. The van der Waals surface area contributed by atoms with Crippen molar-refractivity contribution in [2.24, 2.45) is 5.92 Å². The fourth-order valence-corrected chi connectivity index (χ4v) is 3.19. The van der Waals surface area contributed by atoms with Gasteiger partial charge in [0.15, 0.2) is 0 Å². The van der Waals surface area contributed by atoms with Crippen LogP contribution >= 0.6 is 24.0 Å². The lowest BCUT2D eigenvalue weighted by Gasteiger charge is -2.16.